The lowest BCUT2D eigenvalue weighted by Crippen LogP contribution is -2.39. The van der Waals surface area contributed by atoms with Gasteiger partial charge in [-0.25, -0.2) is 9.48 Å². The minimum atomic E-state index is 0.0206. The summed E-state index contributed by atoms with van der Waals surface area (Å²) < 4.78 is 3.39. The zero-order chi connectivity index (χ0) is 16.7. The second kappa shape index (κ2) is 6.37. The van der Waals surface area contributed by atoms with E-state index in [1.807, 2.05) is 9.47 Å². The Morgan fingerprint density at radius 2 is 1.75 bits per heavy atom. The maximum atomic E-state index is 12.5. The Labute approximate surface area is 142 Å². The third-order valence-corrected chi connectivity index (χ3v) is 6.05. The monoisotopic (exact) mass is 332 g/mol. The Hall–Kier alpha value is -1.59. The minimum Gasteiger partial charge on any atom is -0.343 e. The van der Waals surface area contributed by atoms with E-state index in [9.17, 15) is 9.59 Å². The summed E-state index contributed by atoms with van der Waals surface area (Å²) in [6.45, 7) is 1.62. The Bertz CT molecular complexity index is 659. The molecule has 2 aliphatic carbocycles. The zero-order valence-corrected chi connectivity index (χ0v) is 14.6. The van der Waals surface area contributed by atoms with E-state index < -0.39 is 0 Å². The van der Waals surface area contributed by atoms with E-state index >= 15 is 0 Å². The number of carbonyl (C=O) groups excluding carboxylic acids is 1. The molecule has 3 aliphatic rings. The van der Waals surface area contributed by atoms with Gasteiger partial charge in [-0.3, -0.25) is 9.36 Å². The fourth-order valence-electron chi connectivity index (χ4n) is 4.43. The molecule has 0 spiro atoms. The molecule has 0 bridgehead atoms. The normalized spacial score (nSPS) is 23.1. The molecule has 2 saturated carbocycles. The predicted molar refractivity (Wildman–Crippen MR) is 90.9 cm³/mol. The highest BCUT2D eigenvalue weighted by molar-refractivity contribution is 5.76. The molecular weight excluding hydrogens is 304 g/mol. The number of nitrogens with zero attached hydrogens (tertiary/aromatic N) is 4. The van der Waals surface area contributed by atoms with Crippen molar-refractivity contribution in [2.45, 2.75) is 69.7 Å². The minimum absolute atomic E-state index is 0.0206. The van der Waals surface area contributed by atoms with Crippen molar-refractivity contribution in [2.75, 3.05) is 13.1 Å². The first-order valence-corrected chi connectivity index (χ1v) is 9.56. The maximum absolute atomic E-state index is 12.5. The van der Waals surface area contributed by atoms with E-state index in [4.69, 9.17) is 0 Å². The van der Waals surface area contributed by atoms with E-state index in [-0.39, 0.29) is 5.69 Å². The highest BCUT2D eigenvalue weighted by Crippen LogP contribution is 2.37. The van der Waals surface area contributed by atoms with Crippen LogP contribution in [0.15, 0.2) is 4.79 Å². The van der Waals surface area contributed by atoms with Gasteiger partial charge in [0.2, 0.25) is 5.91 Å². The number of aryl methyl sites for hydroxylation is 1. The van der Waals surface area contributed by atoms with Crippen LogP contribution in [0, 0.1) is 5.92 Å². The van der Waals surface area contributed by atoms with Gasteiger partial charge in [0.25, 0.3) is 0 Å². The Morgan fingerprint density at radius 3 is 2.38 bits per heavy atom. The molecule has 2 heterocycles. The molecule has 0 unspecified atom stereocenters. The maximum Gasteiger partial charge on any atom is 0.345 e. The SMILES string of the molecule is Cn1nc(C2CCN(C(=O)CC3CCCC3)CC2)n(C2CC2)c1=O. The van der Waals surface area contributed by atoms with Crippen LogP contribution >= 0.6 is 0 Å². The van der Waals surface area contributed by atoms with Crippen LogP contribution in [0.4, 0.5) is 0 Å². The lowest BCUT2D eigenvalue weighted by atomic mass is 9.94. The molecule has 0 aromatic carbocycles. The smallest absolute Gasteiger partial charge is 0.343 e. The number of carbonyl (C=O) groups is 1. The number of rotatable bonds is 4. The number of likely N-dealkylation sites (tertiary alicyclic amines) is 1. The van der Waals surface area contributed by atoms with Crippen LogP contribution in [-0.2, 0) is 11.8 Å². The van der Waals surface area contributed by atoms with Gasteiger partial charge in [-0.1, -0.05) is 12.8 Å². The standard InChI is InChI=1S/C18H28N4O2/c1-20-18(24)22(15-6-7-15)17(19-20)14-8-10-21(11-9-14)16(23)12-13-4-2-3-5-13/h13-15H,2-12H2,1H3. The van der Waals surface area contributed by atoms with Gasteiger partial charge in [0.1, 0.15) is 5.82 Å². The lowest BCUT2D eigenvalue weighted by molar-refractivity contribution is -0.133. The number of hydrogen-bond donors (Lipinski definition) is 0. The van der Waals surface area contributed by atoms with Gasteiger partial charge < -0.3 is 4.90 Å². The first-order chi connectivity index (χ1) is 11.6. The van der Waals surface area contributed by atoms with Crippen molar-refractivity contribution in [2.24, 2.45) is 13.0 Å². The topological polar surface area (TPSA) is 60.1 Å². The van der Waals surface area contributed by atoms with Gasteiger partial charge in [-0.2, -0.15) is 5.10 Å². The third-order valence-electron chi connectivity index (χ3n) is 6.05. The second-order valence-corrected chi connectivity index (χ2v) is 7.88. The van der Waals surface area contributed by atoms with Crippen LogP contribution in [0.25, 0.3) is 0 Å². The average molecular weight is 332 g/mol. The molecule has 6 heteroatoms. The van der Waals surface area contributed by atoms with Gasteiger partial charge in [0, 0.05) is 38.5 Å². The van der Waals surface area contributed by atoms with E-state index in [2.05, 4.69) is 5.10 Å². The van der Waals surface area contributed by atoms with Crippen molar-refractivity contribution in [3.63, 3.8) is 0 Å². The Morgan fingerprint density at radius 1 is 1.08 bits per heavy atom. The Kier molecular flexibility index (Phi) is 4.22. The fraction of sp³-hybridized carbons (Fsp3) is 0.833. The van der Waals surface area contributed by atoms with Crippen molar-refractivity contribution < 1.29 is 4.79 Å². The summed E-state index contributed by atoms with van der Waals surface area (Å²) in [4.78, 5) is 26.8. The summed E-state index contributed by atoms with van der Waals surface area (Å²) in [5.41, 5.74) is 0.0206. The quantitative estimate of drug-likeness (QED) is 0.849. The molecule has 0 N–H and O–H groups in total. The van der Waals surface area contributed by atoms with Crippen molar-refractivity contribution in [3.05, 3.63) is 16.3 Å². The molecule has 0 atom stereocenters. The molecule has 1 aromatic heterocycles. The van der Waals surface area contributed by atoms with Crippen LogP contribution in [0.1, 0.15) is 75.6 Å². The molecule has 0 radical (unpaired) electrons. The van der Waals surface area contributed by atoms with Gasteiger partial charge >= 0.3 is 5.69 Å². The molecule has 24 heavy (non-hydrogen) atoms. The average Bonchev–Trinajstić information content (AvgIpc) is 3.21. The summed E-state index contributed by atoms with van der Waals surface area (Å²) in [7, 11) is 1.74. The van der Waals surface area contributed by atoms with Gasteiger partial charge in [0.05, 0.1) is 0 Å². The Balaban J connectivity index is 1.38. The molecule has 4 rings (SSSR count). The number of amides is 1. The van der Waals surface area contributed by atoms with Crippen molar-refractivity contribution in [1.82, 2.24) is 19.2 Å². The van der Waals surface area contributed by atoms with E-state index in [0.717, 1.165) is 51.0 Å². The molecule has 1 aliphatic heterocycles. The molecule has 1 saturated heterocycles. The molecule has 1 aromatic rings. The van der Waals surface area contributed by atoms with E-state index in [1.54, 1.807) is 7.05 Å². The highest BCUT2D eigenvalue weighted by atomic mass is 16.2. The lowest BCUT2D eigenvalue weighted by Gasteiger charge is -2.32. The summed E-state index contributed by atoms with van der Waals surface area (Å²) in [6, 6.07) is 0.364. The molecule has 3 fully saturated rings. The first kappa shape index (κ1) is 15.9. The van der Waals surface area contributed by atoms with Crippen LogP contribution in [0.3, 0.4) is 0 Å². The number of piperidine rings is 1. The van der Waals surface area contributed by atoms with E-state index in [0.29, 0.717) is 23.8 Å². The van der Waals surface area contributed by atoms with Gasteiger partial charge in [-0.05, 0) is 44.4 Å². The van der Waals surface area contributed by atoms with Crippen molar-refractivity contribution in [1.29, 1.82) is 0 Å². The van der Waals surface area contributed by atoms with Crippen LogP contribution in [0.5, 0.6) is 0 Å². The number of aromatic nitrogens is 3. The van der Waals surface area contributed by atoms with E-state index in [1.165, 1.54) is 30.4 Å². The van der Waals surface area contributed by atoms with Crippen LogP contribution in [-0.4, -0.2) is 38.2 Å². The second-order valence-electron chi connectivity index (χ2n) is 7.88. The summed E-state index contributed by atoms with van der Waals surface area (Å²) in [5, 5.41) is 4.51. The predicted octanol–water partition coefficient (Wildman–Crippen LogP) is 2.20. The molecule has 6 nitrogen and oxygen atoms in total. The summed E-state index contributed by atoms with van der Waals surface area (Å²) >= 11 is 0. The molecule has 1 amide bonds. The first-order valence-electron chi connectivity index (χ1n) is 9.56. The fourth-order valence-corrected chi connectivity index (χ4v) is 4.43. The van der Waals surface area contributed by atoms with Crippen LogP contribution < -0.4 is 5.69 Å². The zero-order valence-electron chi connectivity index (χ0n) is 14.6. The largest absolute Gasteiger partial charge is 0.345 e. The number of hydrogen-bond acceptors (Lipinski definition) is 3. The van der Waals surface area contributed by atoms with Crippen LogP contribution in [0.2, 0.25) is 0 Å². The summed E-state index contributed by atoms with van der Waals surface area (Å²) in [6.07, 6.45) is 9.82. The van der Waals surface area contributed by atoms with Crippen molar-refractivity contribution >= 4 is 5.91 Å². The summed E-state index contributed by atoms with van der Waals surface area (Å²) in [5.74, 6) is 2.22. The highest BCUT2D eigenvalue weighted by Gasteiger charge is 2.34. The third kappa shape index (κ3) is 3.03. The van der Waals surface area contributed by atoms with Crippen molar-refractivity contribution in [3.8, 4) is 0 Å². The molecular formula is C18H28N4O2. The molecule has 132 valence electrons. The van der Waals surface area contributed by atoms with Gasteiger partial charge in [0.15, 0.2) is 0 Å². The van der Waals surface area contributed by atoms with Gasteiger partial charge in [-0.15, -0.1) is 0 Å².